The van der Waals surface area contributed by atoms with Crippen LogP contribution >= 0.6 is 0 Å². The fourth-order valence-electron chi connectivity index (χ4n) is 4.71. The number of halogens is 1. The molecule has 1 atom stereocenters. The van der Waals surface area contributed by atoms with Gasteiger partial charge in [0.05, 0.1) is 5.60 Å². The molecule has 0 amide bonds. The Balaban J connectivity index is 1.42. The predicted molar refractivity (Wildman–Crippen MR) is 105 cm³/mol. The molecule has 158 valence electrons. The van der Waals surface area contributed by atoms with Crippen LogP contribution in [0.2, 0.25) is 0 Å². The number of piperidine rings is 1. The number of rotatable bonds is 4. The molecular weight excluding hydrogens is 395 g/mol. The second kappa shape index (κ2) is 7.81. The molecule has 2 aliphatic heterocycles. The molecule has 1 aromatic heterocycles. The first kappa shape index (κ1) is 20.5. The highest BCUT2D eigenvalue weighted by molar-refractivity contribution is 7.89. The third kappa shape index (κ3) is 4.11. The third-order valence-electron chi connectivity index (χ3n) is 6.23. The molecule has 29 heavy (non-hydrogen) atoms. The van der Waals surface area contributed by atoms with E-state index < -0.39 is 10.0 Å². The Morgan fingerprint density at radius 2 is 1.90 bits per heavy atom. The molecule has 2 aromatic rings. The Kier molecular flexibility index (Phi) is 5.52. The van der Waals surface area contributed by atoms with Gasteiger partial charge in [0.15, 0.2) is 5.76 Å². The predicted octanol–water partition coefficient (Wildman–Crippen LogP) is 3.62. The average Bonchev–Trinajstić information content (AvgIpc) is 3.03. The van der Waals surface area contributed by atoms with Crippen molar-refractivity contribution in [1.29, 1.82) is 0 Å². The fraction of sp³-hybridized carbons (Fsp3) is 0.571. The normalized spacial score (nSPS) is 22.8. The first-order valence-electron chi connectivity index (χ1n) is 10.1. The molecule has 2 aliphatic rings. The van der Waals surface area contributed by atoms with Gasteiger partial charge < -0.3 is 9.26 Å². The van der Waals surface area contributed by atoms with E-state index in [1.54, 1.807) is 13.8 Å². The lowest BCUT2D eigenvalue weighted by atomic mass is 9.78. The van der Waals surface area contributed by atoms with Crippen molar-refractivity contribution >= 4 is 10.0 Å². The van der Waals surface area contributed by atoms with Gasteiger partial charge in [0.1, 0.15) is 16.4 Å². The SMILES string of the molecule is Cc1noc(C)c1S(=O)(=O)N1CCC2(CC1)CC(Cc1ccc(F)cc1)CCO2. The number of benzene rings is 1. The third-order valence-corrected chi connectivity index (χ3v) is 8.38. The van der Waals surface area contributed by atoms with Crippen LogP contribution in [0.15, 0.2) is 33.7 Å². The van der Waals surface area contributed by atoms with E-state index in [9.17, 15) is 12.8 Å². The molecule has 1 spiro atoms. The van der Waals surface area contributed by atoms with E-state index in [-0.39, 0.29) is 16.3 Å². The number of aryl methyl sites for hydroxylation is 2. The van der Waals surface area contributed by atoms with Crippen molar-refractivity contribution in [3.63, 3.8) is 0 Å². The zero-order chi connectivity index (χ0) is 20.6. The first-order valence-corrected chi connectivity index (χ1v) is 11.5. The van der Waals surface area contributed by atoms with Gasteiger partial charge in [-0.1, -0.05) is 17.3 Å². The minimum absolute atomic E-state index is 0.187. The van der Waals surface area contributed by atoms with Gasteiger partial charge in [-0.2, -0.15) is 4.31 Å². The summed E-state index contributed by atoms with van der Waals surface area (Å²) in [6, 6.07) is 6.69. The number of sulfonamides is 1. The molecular formula is C21H27FN2O4S. The summed E-state index contributed by atoms with van der Waals surface area (Å²) < 4.78 is 52.0. The standard InChI is InChI=1S/C21H27FN2O4S/c1-15-20(16(2)28-23-15)29(25,26)24-10-8-21(9-11-24)14-18(7-12-27-21)13-17-3-5-19(22)6-4-17/h3-6,18H,7-14H2,1-2H3. The van der Waals surface area contributed by atoms with Gasteiger partial charge in [-0.05, 0) is 69.6 Å². The molecule has 1 unspecified atom stereocenters. The van der Waals surface area contributed by atoms with E-state index in [1.165, 1.54) is 16.4 Å². The van der Waals surface area contributed by atoms with Crippen molar-refractivity contribution in [2.75, 3.05) is 19.7 Å². The van der Waals surface area contributed by atoms with E-state index in [0.29, 0.717) is 49.9 Å². The number of hydrogen-bond donors (Lipinski definition) is 0. The van der Waals surface area contributed by atoms with E-state index in [4.69, 9.17) is 9.26 Å². The quantitative estimate of drug-likeness (QED) is 0.752. The number of nitrogens with zero attached hydrogens (tertiary/aromatic N) is 2. The molecule has 1 aromatic carbocycles. The van der Waals surface area contributed by atoms with Crippen LogP contribution in [0.1, 0.15) is 42.7 Å². The molecule has 0 N–H and O–H groups in total. The number of aromatic nitrogens is 1. The number of hydrogen-bond acceptors (Lipinski definition) is 5. The van der Waals surface area contributed by atoms with Crippen LogP contribution in [0.3, 0.4) is 0 Å². The van der Waals surface area contributed by atoms with Gasteiger partial charge in [-0.3, -0.25) is 0 Å². The first-order chi connectivity index (χ1) is 13.8. The van der Waals surface area contributed by atoms with Gasteiger partial charge in [-0.15, -0.1) is 0 Å². The minimum Gasteiger partial charge on any atom is -0.375 e. The maximum atomic E-state index is 13.2. The Hall–Kier alpha value is -1.77. The van der Waals surface area contributed by atoms with Crippen molar-refractivity contribution in [3.8, 4) is 0 Å². The second-order valence-electron chi connectivity index (χ2n) is 8.28. The molecule has 0 radical (unpaired) electrons. The number of ether oxygens (including phenoxy) is 1. The Bertz CT molecular complexity index is 944. The molecule has 3 heterocycles. The molecule has 8 heteroatoms. The lowest BCUT2D eigenvalue weighted by Crippen LogP contribution is -2.51. The summed E-state index contributed by atoms with van der Waals surface area (Å²) in [4.78, 5) is 0.187. The van der Waals surface area contributed by atoms with Crippen molar-refractivity contribution in [3.05, 3.63) is 47.1 Å². The molecule has 0 aliphatic carbocycles. The van der Waals surface area contributed by atoms with E-state index >= 15 is 0 Å². The van der Waals surface area contributed by atoms with E-state index in [1.807, 2.05) is 12.1 Å². The molecule has 0 saturated carbocycles. The summed E-state index contributed by atoms with van der Waals surface area (Å²) in [5, 5.41) is 3.79. The lowest BCUT2D eigenvalue weighted by Gasteiger charge is -2.46. The zero-order valence-electron chi connectivity index (χ0n) is 16.9. The van der Waals surface area contributed by atoms with Crippen LogP contribution in [-0.4, -0.2) is 43.2 Å². The topological polar surface area (TPSA) is 72.6 Å². The molecule has 2 saturated heterocycles. The second-order valence-corrected chi connectivity index (χ2v) is 10.2. The fourth-order valence-corrected chi connectivity index (χ4v) is 6.44. The van der Waals surface area contributed by atoms with E-state index in [0.717, 1.165) is 24.8 Å². The van der Waals surface area contributed by atoms with Crippen LogP contribution in [0.5, 0.6) is 0 Å². The van der Waals surface area contributed by atoms with Crippen molar-refractivity contribution in [2.45, 2.75) is 56.4 Å². The summed E-state index contributed by atoms with van der Waals surface area (Å²) in [6.07, 6.45) is 4.13. The van der Waals surface area contributed by atoms with Crippen molar-refractivity contribution in [2.24, 2.45) is 5.92 Å². The van der Waals surface area contributed by atoms with Crippen LogP contribution in [-0.2, 0) is 21.2 Å². The molecule has 2 fully saturated rings. The Labute approximate surface area is 171 Å². The van der Waals surface area contributed by atoms with Crippen LogP contribution < -0.4 is 0 Å². The average molecular weight is 423 g/mol. The van der Waals surface area contributed by atoms with Gasteiger partial charge in [0.25, 0.3) is 0 Å². The smallest absolute Gasteiger partial charge is 0.248 e. The van der Waals surface area contributed by atoms with Gasteiger partial charge in [0, 0.05) is 19.7 Å². The highest BCUT2D eigenvalue weighted by atomic mass is 32.2. The van der Waals surface area contributed by atoms with Crippen LogP contribution in [0, 0.1) is 25.6 Å². The Morgan fingerprint density at radius 1 is 1.21 bits per heavy atom. The Morgan fingerprint density at radius 3 is 2.52 bits per heavy atom. The summed E-state index contributed by atoms with van der Waals surface area (Å²) in [5.74, 6) is 0.570. The summed E-state index contributed by atoms with van der Waals surface area (Å²) in [5.41, 5.74) is 1.26. The highest BCUT2D eigenvalue weighted by Gasteiger charge is 2.43. The van der Waals surface area contributed by atoms with Gasteiger partial charge in [-0.25, -0.2) is 12.8 Å². The largest absolute Gasteiger partial charge is 0.375 e. The molecule has 6 nitrogen and oxygen atoms in total. The van der Waals surface area contributed by atoms with Gasteiger partial charge in [0.2, 0.25) is 10.0 Å². The van der Waals surface area contributed by atoms with Crippen LogP contribution in [0.25, 0.3) is 0 Å². The monoisotopic (exact) mass is 422 g/mol. The molecule has 4 rings (SSSR count). The summed E-state index contributed by atoms with van der Waals surface area (Å²) in [6.45, 7) is 4.82. The van der Waals surface area contributed by atoms with Crippen LogP contribution in [0.4, 0.5) is 4.39 Å². The maximum Gasteiger partial charge on any atom is 0.248 e. The summed E-state index contributed by atoms with van der Waals surface area (Å²) in [7, 11) is -3.62. The zero-order valence-corrected chi connectivity index (χ0v) is 17.7. The minimum atomic E-state index is -3.62. The van der Waals surface area contributed by atoms with E-state index in [2.05, 4.69) is 5.16 Å². The van der Waals surface area contributed by atoms with Crippen molar-refractivity contribution < 1.29 is 22.1 Å². The van der Waals surface area contributed by atoms with Crippen molar-refractivity contribution in [1.82, 2.24) is 9.46 Å². The lowest BCUT2D eigenvalue weighted by molar-refractivity contribution is -0.120. The molecule has 0 bridgehead atoms. The highest BCUT2D eigenvalue weighted by Crippen LogP contribution is 2.40. The summed E-state index contributed by atoms with van der Waals surface area (Å²) >= 11 is 0. The van der Waals surface area contributed by atoms with Gasteiger partial charge >= 0.3 is 0 Å². The maximum absolute atomic E-state index is 13.2.